The third-order valence-corrected chi connectivity index (χ3v) is 4.73. The minimum Gasteiger partial charge on any atom is -0.503 e. The van der Waals surface area contributed by atoms with E-state index in [4.69, 9.17) is 4.74 Å². The standard InChI is InChI=1S/C21H18BrFN2O3/c1-3-28-20-11-14(10-18(22)21(20)27)4-9-19(26)17-12-24-25(13(17)2)16-7-5-15(23)6-8-16/h4-12,27H,3H2,1-2H3. The Labute approximate surface area is 170 Å². The molecule has 1 N–H and O–H groups in total. The van der Waals surface area contributed by atoms with E-state index in [-0.39, 0.29) is 17.3 Å². The molecule has 3 rings (SSSR count). The van der Waals surface area contributed by atoms with Crippen molar-refractivity contribution in [3.63, 3.8) is 0 Å². The number of hydrogen-bond donors (Lipinski definition) is 1. The Hall–Kier alpha value is -2.93. The van der Waals surface area contributed by atoms with Crippen molar-refractivity contribution in [1.29, 1.82) is 0 Å². The molecule has 1 aromatic heterocycles. The minimum absolute atomic E-state index is 0.0155. The molecular formula is C21H18BrFN2O3. The van der Waals surface area contributed by atoms with E-state index in [1.165, 1.54) is 24.4 Å². The third-order valence-electron chi connectivity index (χ3n) is 4.12. The van der Waals surface area contributed by atoms with Gasteiger partial charge in [-0.2, -0.15) is 5.10 Å². The van der Waals surface area contributed by atoms with Crippen LogP contribution in [0.25, 0.3) is 11.8 Å². The second kappa shape index (κ2) is 8.39. The molecule has 1 heterocycles. The summed E-state index contributed by atoms with van der Waals surface area (Å²) in [5, 5.41) is 14.2. The lowest BCUT2D eigenvalue weighted by atomic mass is 10.1. The first kappa shape index (κ1) is 19.8. The smallest absolute Gasteiger partial charge is 0.189 e. The van der Waals surface area contributed by atoms with Gasteiger partial charge in [-0.25, -0.2) is 9.07 Å². The lowest BCUT2D eigenvalue weighted by Gasteiger charge is -2.08. The van der Waals surface area contributed by atoms with Crippen molar-refractivity contribution >= 4 is 27.8 Å². The summed E-state index contributed by atoms with van der Waals surface area (Å²) >= 11 is 3.28. The van der Waals surface area contributed by atoms with Crippen molar-refractivity contribution < 1.29 is 19.0 Å². The molecule has 0 bridgehead atoms. The molecule has 5 nitrogen and oxygen atoms in total. The van der Waals surface area contributed by atoms with Gasteiger partial charge in [0.15, 0.2) is 17.3 Å². The van der Waals surface area contributed by atoms with E-state index in [0.717, 1.165) is 0 Å². The van der Waals surface area contributed by atoms with Gasteiger partial charge in [-0.1, -0.05) is 6.08 Å². The maximum absolute atomic E-state index is 13.1. The van der Waals surface area contributed by atoms with Crippen LogP contribution in [0.5, 0.6) is 11.5 Å². The van der Waals surface area contributed by atoms with Crippen molar-refractivity contribution in [3.8, 4) is 17.2 Å². The Balaban J connectivity index is 1.85. The molecule has 0 aliphatic rings. The Morgan fingerprint density at radius 2 is 2.04 bits per heavy atom. The van der Waals surface area contributed by atoms with Gasteiger partial charge in [0.05, 0.1) is 34.2 Å². The first-order valence-electron chi connectivity index (χ1n) is 8.59. The highest BCUT2D eigenvalue weighted by molar-refractivity contribution is 9.10. The van der Waals surface area contributed by atoms with E-state index in [1.54, 1.807) is 41.9 Å². The lowest BCUT2D eigenvalue weighted by Crippen LogP contribution is -2.01. The number of phenolic OH excluding ortho intramolecular Hbond substituents is 1. The largest absolute Gasteiger partial charge is 0.503 e. The number of allylic oxidation sites excluding steroid dienone is 1. The van der Waals surface area contributed by atoms with Gasteiger partial charge in [-0.05, 0) is 77.8 Å². The molecule has 0 spiro atoms. The fourth-order valence-electron chi connectivity index (χ4n) is 2.71. The Kier molecular flexibility index (Phi) is 5.94. The SMILES string of the molecule is CCOc1cc(C=CC(=O)c2cnn(-c3ccc(F)cc3)c2C)cc(Br)c1O. The normalized spacial score (nSPS) is 11.1. The van der Waals surface area contributed by atoms with Crippen molar-refractivity contribution in [3.05, 3.63) is 75.8 Å². The Bertz CT molecular complexity index is 1040. The van der Waals surface area contributed by atoms with Gasteiger partial charge in [0.25, 0.3) is 0 Å². The molecule has 0 saturated carbocycles. The zero-order valence-electron chi connectivity index (χ0n) is 15.3. The van der Waals surface area contributed by atoms with E-state index in [9.17, 15) is 14.3 Å². The number of aromatic nitrogens is 2. The first-order valence-corrected chi connectivity index (χ1v) is 9.38. The van der Waals surface area contributed by atoms with Gasteiger partial charge in [0.1, 0.15) is 5.82 Å². The second-order valence-electron chi connectivity index (χ2n) is 6.01. The molecule has 0 atom stereocenters. The first-order chi connectivity index (χ1) is 13.4. The van der Waals surface area contributed by atoms with Gasteiger partial charge in [0, 0.05) is 0 Å². The molecule has 3 aromatic rings. The Morgan fingerprint density at radius 3 is 2.71 bits per heavy atom. The summed E-state index contributed by atoms with van der Waals surface area (Å²) in [6, 6.07) is 9.23. The number of halogens is 2. The molecule has 0 fully saturated rings. The third kappa shape index (κ3) is 4.14. The summed E-state index contributed by atoms with van der Waals surface area (Å²) in [4.78, 5) is 12.6. The van der Waals surface area contributed by atoms with Gasteiger partial charge in [0.2, 0.25) is 0 Å². The molecule has 0 radical (unpaired) electrons. The van der Waals surface area contributed by atoms with E-state index in [2.05, 4.69) is 21.0 Å². The van der Waals surface area contributed by atoms with Crippen LogP contribution in [0.4, 0.5) is 4.39 Å². The Morgan fingerprint density at radius 1 is 1.32 bits per heavy atom. The zero-order chi connectivity index (χ0) is 20.3. The van der Waals surface area contributed by atoms with E-state index in [0.29, 0.717) is 39.3 Å². The number of ether oxygens (including phenoxy) is 1. The van der Waals surface area contributed by atoms with E-state index in [1.807, 2.05) is 6.92 Å². The number of hydrogen-bond acceptors (Lipinski definition) is 4. The average Bonchev–Trinajstić information content (AvgIpc) is 3.06. The molecule has 0 aliphatic carbocycles. The molecule has 144 valence electrons. The fourth-order valence-corrected chi connectivity index (χ4v) is 3.17. The van der Waals surface area contributed by atoms with Crippen molar-refractivity contribution in [2.45, 2.75) is 13.8 Å². The van der Waals surface area contributed by atoms with Gasteiger partial charge in [-0.3, -0.25) is 4.79 Å². The molecule has 2 aromatic carbocycles. The molecule has 0 aliphatic heterocycles. The van der Waals surface area contributed by atoms with Crippen LogP contribution in [0.1, 0.15) is 28.5 Å². The molecule has 28 heavy (non-hydrogen) atoms. The number of carbonyl (C=O) groups is 1. The summed E-state index contributed by atoms with van der Waals surface area (Å²) in [7, 11) is 0. The van der Waals surface area contributed by atoms with Crippen LogP contribution in [-0.2, 0) is 0 Å². The minimum atomic E-state index is -0.334. The van der Waals surface area contributed by atoms with Gasteiger partial charge < -0.3 is 9.84 Å². The molecular weight excluding hydrogens is 427 g/mol. The number of nitrogens with zero attached hydrogens (tertiary/aromatic N) is 2. The lowest BCUT2D eigenvalue weighted by molar-refractivity contribution is 0.104. The number of rotatable bonds is 6. The van der Waals surface area contributed by atoms with Crippen LogP contribution in [0.3, 0.4) is 0 Å². The summed E-state index contributed by atoms with van der Waals surface area (Å²) in [5.74, 6) is -0.196. The second-order valence-corrected chi connectivity index (χ2v) is 6.87. The fraction of sp³-hybridized carbons (Fsp3) is 0.143. The van der Waals surface area contributed by atoms with Crippen LogP contribution < -0.4 is 4.74 Å². The van der Waals surface area contributed by atoms with E-state index < -0.39 is 0 Å². The van der Waals surface area contributed by atoms with Gasteiger partial charge in [-0.15, -0.1) is 0 Å². The maximum atomic E-state index is 13.1. The quantitative estimate of drug-likeness (QED) is 0.425. The van der Waals surface area contributed by atoms with Crippen molar-refractivity contribution in [2.24, 2.45) is 0 Å². The average molecular weight is 445 g/mol. The van der Waals surface area contributed by atoms with Crippen LogP contribution >= 0.6 is 15.9 Å². The van der Waals surface area contributed by atoms with Gasteiger partial charge >= 0.3 is 0 Å². The predicted molar refractivity (Wildman–Crippen MR) is 109 cm³/mol. The van der Waals surface area contributed by atoms with Crippen LogP contribution in [0, 0.1) is 12.7 Å². The monoisotopic (exact) mass is 444 g/mol. The number of ketones is 1. The number of aromatic hydroxyl groups is 1. The number of carbonyl (C=O) groups excluding carboxylic acids is 1. The predicted octanol–water partition coefficient (Wildman–Crippen LogP) is 5.08. The van der Waals surface area contributed by atoms with Crippen LogP contribution in [-0.4, -0.2) is 27.3 Å². The van der Waals surface area contributed by atoms with Crippen LogP contribution in [0.15, 0.2) is 53.1 Å². The van der Waals surface area contributed by atoms with E-state index >= 15 is 0 Å². The summed E-state index contributed by atoms with van der Waals surface area (Å²) in [6.45, 7) is 4.01. The topological polar surface area (TPSA) is 64.3 Å². The highest BCUT2D eigenvalue weighted by Crippen LogP contribution is 2.35. The summed E-state index contributed by atoms with van der Waals surface area (Å²) in [5.41, 5.74) is 2.47. The summed E-state index contributed by atoms with van der Waals surface area (Å²) in [6.07, 6.45) is 4.57. The highest BCUT2D eigenvalue weighted by Gasteiger charge is 2.14. The maximum Gasteiger partial charge on any atom is 0.189 e. The molecule has 7 heteroatoms. The molecule has 0 amide bonds. The molecule has 0 unspecified atom stereocenters. The number of benzene rings is 2. The van der Waals surface area contributed by atoms with Crippen molar-refractivity contribution in [1.82, 2.24) is 9.78 Å². The zero-order valence-corrected chi connectivity index (χ0v) is 16.9. The van der Waals surface area contributed by atoms with Crippen molar-refractivity contribution in [2.75, 3.05) is 6.61 Å². The summed E-state index contributed by atoms with van der Waals surface area (Å²) < 4.78 is 20.6. The number of phenols is 1. The highest BCUT2D eigenvalue weighted by atomic mass is 79.9. The molecule has 0 saturated heterocycles. The van der Waals surface area contributed by atoms with Crippen LogP contribution in [0.2, 0.25) is 0 Å².